The molecule has 2 heterocycles. The number of fused-ring (bicyclic) bond motifs is 1. The van der Waals surface area contributed by atoms with Gasteiger partial charge in [-0.3, -0.25) is 0 Å². The highest BCUT2D eigenvalue weighted by Gasteiger charge is 2.16. The Morgan fingerprint density at radius 2 is 1.81 bits per heavy atom. The number of nitrogens with one attached hydrogen (secondary N) is 1. The fourth-order valence-corrected chi connectivity index (χ4v) is 2.95. The van der Waals surface area contributed by atoms with E-state index in [0.717, 1.165) is 11.3 Å². The summed E-state index contributed by atoms with van der Waals surface area (Å²) < 4.78 is 37.0. The Kier molecular flexibility index (Phi) is 4.45. The third kappa shape index (κ3) is 3.33. The lowest BCUT2D eigenvalue weighted by Gasteiger charge is -2.09. The van der Waals surface area contributed by atoms with E-state index in [0.29, 0.717) is 29.1 Å². The number of H-pyrrole nitrogens is 1. The van der Waals surface area contributed by atoms with Crippen LogP contribution < -0.4 is 9.47 Å². The second-order valence-electron chi connectivity index (χ2n) is 5.81. The molecule has 4 rings (SSSR count). The van der Waals surface area contributed by atoms with Crippen LogP contribution in [0.1, 0.15) is 5.56 Å². The van der Waals surface area contributed by atoms with E-state index in [9.17, 15) is 8.78 Å². The molecule has 0 spiro atoms. The van der Waals surface area contributed by atoms with Crippen LogP contribution in [0, 0.1) is 0 Å². The first-order chi connectivity index (χ1) is 13.2. The third-order valence-electron chi connectivity index (χ3n) is 4.15. The zero-order valence-electron chi connectivity index (χ0n) is 14.4. The average Bonchev–Trinajstić information content (AvgIpc) is 3.24. The smallest absolute Gasteiger partial charge is 0.387 e. The minimum atomic E-state index is -2.91. The summed E-state index contributed by atoms with van der Waals surface area (Å²) in [6.45, 7) is -2.44. The fourth-order valence-electron chi connectivity index (χ4n) is 2.95. The number of benzene rings is 2. The van der Waals surface area contributed by atoms with E-state index in [2.05, 4.69) is 19.8 Å². The Morgan fingerprint density at radius 1 is 1.07 bits per heavy atom. The monoisotopic (exact) mass is 370 g/mol. The van der Waals surface area contributed by atoms with E-state index < -0.39 is 6.61 Å². The van der Waals surface area contributed by atoms with E-state index in [4.69, 9.17) is 4.74 Å². The molecule has 0 fully saturated rings. The van der Waals surface area contributed by atoms with Crippen molar-refractivity contribution in [2.24, 2.45) is 0 Å². The molecule has 0 radical (unpaired) electrons. The van der Waals surface area contributed by atoms with Crippen LogP contribution in [0.5, 0.6) is 11.5 Å². The number of alkyl halides is 2. The number of aromatic nitrogens is 4. The van der Waals surface area contributed by atoms with Gasteiger partial charge in [0.1, 0.15) is 22.8 Å². The Hall–Kier alpha value is -3.42. The minimum Gasteiger partial charge on any atom is -0.496 e. The quantitative estimate of drug-likeness (QED) is 0.555. The number of hydrogen-bond acceptors (Lipinski definition) is 4. The average molecular weight is 370 g/mol. The largest absolute Gasteiger partial charge is 0.496 e. The van der Waals surface area contributed by atoms with Crippen molar-refractivity contribution in [3.63, 3.8) is 0 Å². The van der Waals surface area contributed by atoms with Crippen LogP contribution in [-0.2, 0) is 6.54 Å². The van der Waals surface area contributed by atoms with Gasteiger partial charge in [0.2, 0.25) is 0 Å². The molecule has 8 heteroatoms. The van der Waals surface area contributed by atoms with Crippen molar-refractivity contribution < 1.29 is 18.3 Å². The third-order valence-corrected chi connectivity index (χ3v) is 4.15. The first kappa shape index (κ1) is 17.0. The SMILES string of the molecule is COc1ccccc1Cn1ncc2[nH]c(-c3ccccc3OC(F)F)nc21. The molecule has 0 bridgehead atoms. The van der Waals surface area contributed by atoms with Crippen LogP contribution in [-0.4, -0.2) is 33.5 Å². The summed E-state index contributed by atoms with van der Waals surface area (Å²) in [7, 11) is 1.62. The van der Waals surface area contributed by atoms with Gasteiger partial charge in [-0.2, -0.15) is 13.9 Å². The number of rotatable bonds is 6. The van der Waals surface area contributed by atoms with Crippen molar-refractivity contribution in [1.82, 2.24) is 19.7 Å². The van der Waals surface area contributed by atoms with Gasteiger partial charge in [0.05, 0.1) is 25.4 Å². The van der Waals surface area contributed by atoms with Gasteiger partial charge in [0.25, 0.3) is 0 Å². The zero-order valence-corrected chi connectivity index (χ0v) is 14.4. The molecule has 6 nitrogen and oxygen atoms in total. The number of methoxy groups -OCH3 is 1. The second kappa shape index (κ2) is 7.06. The molecule has 2 aromatic heterocycles. The van der Waals surface area contributed by atoms with Gasteiger partial charge in [-0.25, -0.2) is 9.67 Å². The van der Waals surface area contributed by atoms with Crippen molar-refractivity contribution in [2.45, 2.75) is 13.2 Å². The Bertz CT molecular complexity index is 1070. The summed E-state index contributed by atoms with van der Waals surface area (Å²) in [6, 6.07) is 14.2. The molecule has 0 atom stereocenters. The van der Waals surface area contributed by atoms with Gasteiger partial charge in [0, 0.05) is 5.56 Å². The lowest BCUT2D eigenvalue weighted by atomic mass is 10.2. The summed E-state index contributed by atoms with van der Waals surface area (Å²) in [6.07, 6.45) is 1.65. The van der Waals surface area contributed by atoms with Gasteiger partial charge in [-0.1, -0.05) is 30.3 Å². The zero-order chi connectivity index (χ0) is 18.8. The second-order valence-corrected chi connectivity index (χ2v) is 5.81. The first-order valence-corrected chi connectivity index (χ1v) is 8.23. The van der Waals surface area contributed by atoms with Crippen molar-refractivity contribution in [3.8, 4) is 22.9 Å². The molecule has 0 aliphatic carbocycles. The number of hydrogen-bond donors (Lipinski definition) is 1. The van der Waals surface area contributed by atoms with Crippen LogP contribution in [0.15, 0.2) is 54.7 Å². The van der Waals surface area contributed by atoms with E-state index in [-0.39, 0.29) is 5.75 Å². The molecule has 1 N–H and O–H groups in total. The number of ether oxygens (including phenoxy) is 2. The number of para-hydroxylation sites is 2. The predicted octanol–water partition coefficient (Wildman–Crippen LogP) is 4.08. The topological polar surface area (TPSA) is 65.0 Å². The maximum Gasteiger partial charge on any atom is 0.387 e. The van der Waals surface area contributed by atoms with Crippen LogP contribution in [0.3, 0.4) is 0 Å². The van der Waals surface area contributed by atoms with Gasteiger partial charge < -0.3 is 14.5 Å². The Labute approximate surface area is 153 Å². The molecule has 2 aromatic carbocycles. The lowest BCUT2D eigenvalue weighted by Crippen LogP contribution is -2.04. The Morgan fingerprint density at radius 3 is 2.59 bits per heavy atom. The summed E-state index contributed by atoms with van der Waals surface area (Å²) in [4.78, 5) is 7.65. The van der Waals surface area contributed by atoms with E-state index in [1.807, 2.05) is 24.3 Å². The maximum absolute atomic E-state index is 12.7. The highest BCUT2D eigenvalue weighted by Crippen LogP contribution is 2.30. The maximum atomic E-state index is 12.7. The molecule has 27 heavy (non-hydrogen) atoms. The van der Waals surface area contributed by atoms with E-state index >= 15 is 0 Å². The summed E-state index contributed by atoms with van der Waals surface area (Å²) in [5.41, 5.74) is 2.73. The predicted molar refractivity (Wildman–Crippen MR) is 96.0 cm³/mol. The molecule has 0 unspecified atom stereocenters. The molecule has 138 valence electrons. The van der Waals surface area contributed by atoms with Crippen LogP contribution in [0.2, 0.25) is 0 Å². The molecule has 0 saturated heterocycles. The van der Waals surface area contributed by atoms with E-state index in [1.54, 1.807) is 36.2 Å². The minimum absolute atomic E-state index is 0.0631. The van der Waals surface area contributed by atoms with Crippen LogP contribution >= 0.6 is 0 Å². The molecule has 0 amide bonds. The van der Waals surface area contributed by atoms with Crippen molar-refractivity contribution in [2.75, 3.05) is 7.11 Å². The summed E-state index contributed by atoms with van der Waals surface area (Å²) in [5, 5.41) is 4.35. The van der Waals surface area contributed by atoms with Gasteiger partial charge in [-0.15, -0.1) is 0 Å². The van der Waals surface area contributed by atoms with Crippen molar-refractivity contribution >= 4 is 11.2 Å². The standard InChI is InChI=1S/C19H16F2N4O2/c1-26-15-8-4-2-6-12(15)11-25-18-14(10-22-25)23-17(24-18)13-7-3-5-9-16(13)27-19(20)21/h2-10,19H,11H2,1H3,(H,23,24). The highest BCUT2D eigenvalue weighted by atomic mass is 19.3. The Balaban J connectivity index is 1.71. The van der Waals surface area contributed by atoms with Crippen molar-refractivity contribution in [1.29, 1.82) is 0 Å². The summed E-state index contributed by atoms with van der Waals surface area (Å²) in [5.74, 6) is 1.26. The van der Waals surface area contributed by atoms with Gasteiger partial charge in [-0.05, 0) is 18.2 Å². The lowest BCUT2D eigenvalue weighted by molar-refractivity contribution is -0.0494. The highest BCUT2D eigenvalue weighted by molar-refractivity contribution is 5.77. The molecular formula is C19H16F2N4O2. The first-order valence-electron chi connectivity index (χ1n) is 8.23. The number of nitrogens with zero attached hydrogens (tertiary/aromatic N) is 3. The van der Waals surface area contributed by atoms with E-state index in [1.165, 1.54) is 6.07 Å². The molecule has 0 aliphatic heterocycles. The molecule has 4 aromatic rings. The summed E-state index contributed by atoms with van der Waals surface area (Å²) >= 11 is 0. The molecular weight excluding hydrogens is 354 g/mol. The fraction of sp³-hybridized carbons (Fsp3) is 0.158. The number of halogens is 2. The van der Waals surface area contributed by atoms with Gasteiger partial charge >= 0.3 is 6.61 Å². The number of aromatic amines is 1. The normalized spacial score (nSPS) is 11.3. The van der Waals surface area contributed by atoms with Crippen LogP contribution in [0.4, 0.5) is 8.78 Å². The van der Waals surface area contributed by atoms with Gasteiger partial charge in [0.15, 0.2) is 5.65 Å². The van der Waals surface area contributed by atoms with Crippen molar-refractivity contribution in [3.05, 3.63) is 60.3 Å². The molecule has 0 aliphatic rings. The molecule has 0 saturated carbocycles. The van der Waals surface area contributed by atoms with Crippen LogP contribution in [0.25, 0.3) is 22.6 Å². The number of imidazole rings is 1.